The second kappa shape index (κ2) is 5.93. The first-order chi connectivity index (χ1) is 9.11. The van der Waals surface area contributed by atoms with Crippen LogP contribution in [0.25, 0.3) is 0 Å². The fraction of sp³-hybridized carbons (Fsp3) is 0.308. The van der Waals surface area contributed by atoms with E-state index in [0.29, 0.717) is 17.9 Å². The molecule has 1 aromatic heterocycles. The van der Waals surface area contributed by atoms with Gasteiger partial charge in [-0.05, 0) is 18.6 Å². The Labute approximate surface area is 115 Å². The predicted molar refractivity (Wildman–Crippen MR) is 69.5 cm³/mol. The highest BCUT2D eigenvalue weighted by Crippen LogP contribution is 2.18. The zero-order valence-corrected chi connectivity index (χ0v) is 11.2. The maximum Gasteiger partial charge on any atom is 0.145 e. The number of aromatic nitrogens is 3. The van der Waals surface area contributed by atoms with Gasteiger partial charge in [0.1, 0.15) is 23.8 Å². The Morgan fingerprint density at radius 3 is 2.95 bits per heavy atom. The molecule has 4 nitrogen and oxygen atoms in total. The van der Waals surface area contributed by atoms with E-state index in [1.54, 1.807) is 16.8 Å². The van der Waals surface area contributed by atoms with Gasteiger partial charge in [0.25, 0.3) is 0 Å². The number of halogens is 2. The van der Waals surface area contributed by atoms with Gasteiger partial charge in [-0.2, -0.15) is 5.10 Å². The fourth-order valence-electron chi connectivity index (χ4n) is 1.83. The number of rotatable bonds is 5. The van der Waals surface area contributed by atoms with Crippen LogP contribution in [-0.2, 0) is 24.2 Å². The van der Waals surface area contributed by atoms with Gasteiger partial charge >= 0.3 is 0 Å². The molecule has 1 heterocycles. The molecule has 0 saturated heterocycles. The molecule has 0 aliphatic heterocycles. The molecule has 0 aliphatic carbocycles. The largest absolute Gasteiger partial charge is 0.299 e. The molecule has 0 N–H and O–H groups in total. The third kappa shape index (κ3) is 3.17. The number of carbonyl (C=O) groups is 1. The van der Waals surface area contributed by atoms with E-state index in [1.807, 2.05) is 6.92 Å². The molecule has 100 valence electrons. The molecule has 6 heteroatoms. The van der Waals surface area contributed by atoms with Gasteiger partial charge < -0.3 is 0 Å². The number of hydrogen-bond acceptors (Lipinski definition) is 3. The average Bonchev–Trinajstić information content (AvgIpc) is 2.82. The maximum absolute atomic E-state index is 13.7. The molecule has 2 aromatic rings. The number of benzene rings is 1. The van der Waals surface area contributed by atoms with Crippen LogP contribution in [0.15, 0.2) is 24.5 Å². The van der Waals surface area contributed by atoms with Crippen molar-refractivity contribution >= 4 is 17.4 Å². The molecule has 0 aliphatic rings. The van der Waals surface area contributed by atoms with Crippen LogP contribution in [0.5, 0.6) is 0 Å². The molecular formula is C13H13ClFN3O. The Morgan fingerprint density at radius 1 is 1.42 bits per heavy atom. The first-order valence-electron chi connectivity index (χ1n) is 5.93. The normalized spacial score (nSPS) is 10.7. The summed E-state index contributed by atoms with van der Waals surface area (Å²) in [5, 5.41) is 4.01. The molecule has 0 unspecified atom stereocenters. The molecule has 0 atom stereocenters. The summed E-state index contributed by atoms with van der Waals surface area (Å²) in [6, 6.07) is 4.64. The van der Waals surface area contributed by atoms with Gasteiger partial charge in [-0.3, -0.25) is 4.79 Å². The topological polar surface area (TPSA) is 47.8 Å². The zero-order valence-electron chi connectivity index (χ0n) is 10.4. The van der Waals surface area contributed by atoms with E-state index >= 15 is 0 Å². The summed E-state index contributed by atoms with van der Waals surface area (Å²) in [7, 11) is 0. The predicted octanol–water partition coefficient (Wildman–Crippen LogP) is 2.44. The van der Waals surface area contributed by atoms with E-state index in [2.05, 4.69) is 10.1 Å². The number of ketones is 1. The third-order valence-corrected chi connectivity index (χ3v) is 3.06. The van der Waals surface area contributed by atoms with E-state index in [4.69, 9.17) is 11.6 Å². The lowest BCUT2D eigenvalue weighted by Crippen LogP contribution is -2.13. The molecule has 0 spiro atoms. The van der Waals surface area contributed by atoms with Crippen LogP contribution in [0.4, 0.5) is 4.39 Å². The molecule has 0 saturated carbocycles. The van der Waals surface area contributed by atoms with Crippen molar-refractivity contribution in [3.8, 4) is 0 Å². The molecule has 0 radical (unpaired) electrons. The minimum Gasteiger partial charge on any atom is -0.299 e. The second-order valence-electron chi connectivity index (χ2n) is 4.10. The van der Waals surface area contributed by atoms with Crippen molar-refractivity contribution in [2.75, 3.05) is 0 Å². The van der Waals surface area contributed by atoms with E-state index in [1.165, 1.54) is 12.4 Å². The number of carbonyl (C=O) groups excluding carboxylic acids is 1. The van der Waals surface area contributed by atoms with Crippen molar-refractivity contribution in [2.45, 2.75) is 26.3 Å². The van der Waals surface area contributed by atoms with Crippen LogP contribution in [0.1, 0.15) is 18.3 Å². The van der Waals surface area contributed by atoms with Crippen molar-refractivity contribution in [3.63, 3.8) is 0 Å². The Bertz CT molecular complexity index is 597. The summed E-state index contributed by atoms with van der Waals surface area (Å²) in [6.45, 7) is 2.56. The quantitative estimate of drug-likeness (QED) is 0.846. The van der Waals surface area contributed by atoms with Gasteiger partial charge in [0, 0.05) is 13.0 Å². The minimum atomic E-state index is -0.533. The summed E-state index contributed by atoms with van der Waals surface area (Å²) >= 11 is 5.67. The number of Topliss-reactive ketones (excluding diaryl/α,β-unsaturated/α-hetero) is 1. The van der Waals surface area contributed by atoms with Crippen LogP contribution in [-0.4, -0.2) is 20.5 Å². The molecule has 0 bridgehead atoms. The summed E-state index contributed by atoms with van der Waals surface area (Å²) in [6.07, 6.45) is 1.55. The van der Waals surface area contributed by atoms with Crippen molar-refractivity contribution in [2.24, 2.45) is 0 Å². The van der Waals surface area contributed by atoms with E-state index < -0.39 is 5.82 Å². The monoisotopic (exact) mass is 281 g/mol. The Morgan fingerprint density at radius 2 is 2.21 bits per heavy atom. The van der Waals surface area contributed by atoms with Crippen molar-refractivity contribution in [3.05, 3.63) is 46.8 Å². The zero-order chi connectivity index (χ0) is 13.8. The molecule has 1 aromatic carbocycles. The Kier molecular flexibility index (Phi) is 4.27. The van der Waals surface area contributed by atoms with Gasteiger partial charge in [0.05, 0.1) is 11.4 Å². The molecule has 0 fully saturated rings. The first-order valence-corrected chi connectivity index (χ1v) is 6.31. The smallest absolute Gasteiger partial charge is 0.145 e. The second-order valence-corrected chi connectivity index (χ2v) is 4.50. The summed E-state index contributed by atoms with van der Waals surface area (Å²) < 4.78 is 15.3. The highest BCUT2D eigenvalue weighted by molar-refractivity contribution is 6.30. The van der Waals surface area contributed by atoms with Gasteiger partial charge in [-0.15, -0.1) is 0 Å². The highest BCUT2D eigenvalue weighted by atomic mass is 35.5. The average molecular weight is 282 g/mol. The SMILES string of the molecule is CCn1ncnc1CC(=O)Cc1cccc(Cl)c1F. The third-order valence-electron chi connectivity index (χ3n) is 2.77. The molecule has 0 amide bonds. The van der Waals surface area contributed by atoms with Crippen molar-refractivity contribution < 1.29 is 9.18 Å². The van der Waals surface area contributed by atoms with Gasteiger partial charge in [-0.25, -0.2) is 14.1 Å². The van der Waals surface area contributed by atoms with Crippen LogP contribution >= 0.6 is 11.6 Å². The van der Waals surface area contributed by atoms with Crippen LogP contribution in [0.3, 0.4) is 0 Å². The molecular weight excluding hydrogens is 269 g/mol. The number of aryl methyl sites for hydroxylation is 1. The molecule has 19 heavy (non-hydrogen) atoms. The first kappa shape index (κ1) is 13.7. The van der Waals surface area contributed by atoms with Crippen LogP contribution in [0, 0.1) is 5.82 Å². The summed E-state index contributed by atoms with van der Waals surface area (Å²) in [5.41, 5.74) is 0.306. The summed E-state index contributed by atoms with van der Waals surface area (Å²) in [5.74, 6) is -0.0618. The van der Waals surface area contributed by atoms with Crippen molar-refractivity contribution in [1.29, 1.82) is 0 Å². The fourth-order valence-corrected chi connectivity index (χ4v) is 2.02. The van der Waals surface area contributed by atoms with E-state index in [9.17, 15) is 9.18 Å². The molecule has 2 rings (SSSR count). The number of hydrogen-bond donors (Lipinski definition) is 0. The van der Waals surface area contributed by atoms with E-state index in [0.717, 1.165) is 0 Å². The van der Waals surface area contributed by atoms with Crippen LogP contribution < -0.4 is 0 Å². The lowest BCUT2D eigenvalue weighted by atomic mass is 10.1. The van der Waals surface area contributed by atoms with Gasteiger partial charge in [0.2, 0.25) is 0 Å². The maximum atomic E-state index is 13.7. The standard InChI is InChI=1S/C13H13ClFN3O/c1-2-18-12(16-8-17-18)7-10(19)6-9-4-3-5-11(14)13(9)15/h3-5,8H,2,6-7H2,1H3. The van der Waals surface area contributed by atoms with Gasteiger partial charge in [-0.1, -0.05) is 23.7 Å². The van der Waals surface area contributed by atoms with E-state index in [-0.39, 0.29) is 23.6 Å². The van der Waals surface area contributed by atoms with Crippen LogP contribution in [0.2, 0.25) is 5.02 Å². The highest BCUT2D eigenvalue weighted by Gasteiger charge is 2.13. The van der Waals surface area contributed by atoms with Gasteiger partial charge in [0.15, 0.2) is 0 Å². The number of nitrogens with zero attached hydrogens (tertiary/aromatic N) is 3. The minimum absolute atomic E-state index is 0.00294. The lowest BCUT2D eigenvalue weighted by Gasteiger charge is -2.05. The Hall–Kier alpha value is -1.75. The Balaban J connectivity index is 2.08. The van der Waals surface area contributed by atoms with Crippen molar-refractivity contribution in [1.82, 2.24) is 14.8 Å². The lowest BCUT2D eigenvalue weighted by molar-refractivity contribution is -0.118. The summed E-state index contributed by atoms with van der Waals surface area (Å²) in [4.78, 5) is 15.9.